The van der Waals surface area contributed by atoms with Gasteiger partial charge in [0, 0.05) is 25.5 Å². The van der Waals surface area contributed by atoms with Gasteiger partial charge in [-0.15, -0.1) is 0 Å². The highest BCUT2D eigenvalue weighted by molar-refractivity contribution is 5.82. The number of aliphatic carboxylic acids is 1. The fourth-order valence-corrected chi connectivity index (χ4v) is 2.26. The largest absolute Gasteiger partial charge is 0.479 e. The number of carboxylic acids is 1. The van der Waals surface area contributed by atoms with E-state index in [9.17, 15) is 9.59 Å². The first kappa shape index (κ1) is 14.5. The van der Waals surface area contributed by atoms with Crippen LogP contribution in [0.4, 0.5) is 0 Å². The van der Waals surface area contributed by atoms with Crippen LogP contribution in [0.1, 0.15) is 25.3 Å². The van der Waals surface area contributed by atoms with Crippen LogP contribution in [0.5, 0.6) is 0 Å². The zero-order valence-electron chi connectivity index (χ0n) is 11.4. The van der Waals surface area contributed by atoms with Gasteiger partial charge in [0.25, 0.3) is 5.91 Å². The van der Waals surface area contributed by atoms with Gasteiger partial charge in [-0.2, -0.15) is 0 Å². The fourth-order valence-electron chi connectivity index (χ4n) is 2.26. The molecular formula is C14H18N2O4. The molecular weight excluding hydrogens is 260 g/mol. The standard InChI is InChI=1S/C14H18N2O4/c1-2-16(9-10-5-7-15-8-6-10)13(17)11-3-4-12(20-11)14(18)19/h5-8,11-12H,2-4,9H2,1H3,(H,18,19)/t11-,12+/m0/s1. The van der Waals surface area contributed by atoms with Gasteiger partial charge in [0.2, 0.25) is 0 Å². The SMILES string of the molecule is CCN(Cc1ccncc1)C(=O)[C@@H]1CC[C@H](C(=O)O)O1. The molecule has 2 atom stereocenters. The monoisotopic (exact) mass is 278 g/mol. The summed E-state index contributed by atoms with van der Waals surface area (Å²) in [6.45, 7) is 2.93. The van der Waals surface area contributed by atoms with Crippen molar-refractivity contribution in [1.82, 2.24) is 9.88 Å². The van der Waals surface area contributed by atoms with Crippen LogP contribution in [-0.2, 0) is 20.9 Å². The smallest absolute Gasteiger partial charge is 0.332 e. The molecule has 0 aromatic carbocycles. The molecule has 1 fully saturated rings. The molecule has 1 aliphatic rings. The number of carboxylic acid groups (broad SMARTS) is 1. The second-order valence-electron chi connectivity index (χ2n) is 4.74. The predicted octanol–water partition coefficient (Wildman–Crippen LogP) is 1.06. The third-order valence-electron chi connectivity index (χ3n) is 3.39. The molecule has 1 aromatic rings. The lowest BCUT2D eigenvalue weighted by Crippen LogP contribution is -2.39. The number of likely N-dealkylation sites (N-methyl/N-ethyl adjacent to an activating group) is 1. The Hall–Kier alpha value is -1.95. The van der Waals surface area contributed by atoms with E-state index in [1.807, 2.05) is 19.1 Å². The number of carbonyl (C=O) groups is 2. The lowest BCUT2D eigenvalue weighted by molar-refractivity contribution is -0.155. The van der Waals surface area contributed by atoms with E-state index < -0.39 is 18.2 Å². The molecule has 0 saturated carbocycles. The van der Waals surface area contributed by atoms with Gasteiger partial charge in [-0.25, -0.2) is 4.79 Å². The van der Waals surface area contributed by atoms with Gasteiger partial charge in [0.1, 0.15) is 6.10 Å². The summed E-state index contributed by atoms with van der Waals surface area (Å²) in [6, 6.07) is 3.71. The normalized spacial score (nSPS) is 21.6. The highest BCUT2D eigenvalue weighted by Gasteiger charge is 2.36. The summed E-state index contributed by atoms with van der Waals surface area (Å²) in [6.07, 6.45) is 2.71. The van der Waals surface area contributed by atoms with Gasteiger partial charge >= 0.3 is 5.97 Å². The van der Waals surface area contributed by atoms with Crippen molar-refractivity contribution >= 4 is 11.9 Å². The van der Waals surface area contributed by atoms with Crippen LogP contribution >= 0.6 is 0 Å². The first-order chi connectivity index (χ1) is 9.61. The summed E-state index contributed by atoms with van der Waals surface area (Å²) < 4.78 is 5.30. The van der Waals surface area contributed by atoms with Crippen LogP contribution < -0.4 is 0 Å². The number of carbonyl (C=O) groups excluding carboxylic acids is 1. The molecule has 1 saturated heterocycles. The first-order valence-electron chi connectivity index (χ1n) is 6.67. The van der Waals surface area contributed by atoms with Crippen molar-refractivity contribution in [1.29, 1.82) is 0 Å². The number of rotatable bonds is 5. The number of aromatic nitrogens is 1. The Bertz CT molecular complexity index is 477. The van der Waals surface area contributed by atoms with Crippen molar-refractivity contribution in [3.05, 3.63) is 30.1 Å². The average Bonchev–Trinajstić information content (AvgIpc) is 2.95. The molecule has 1 N–H and O–H groups in total. The summed E-state index contributed by atoms with van der Waals surface area (Å²) in [5.74, 6) is -1.15. The van der Waals surface area contributed by atoms with Gasteiger partial charge in [0.15, 0.2) is 6.10 Å². The Morgan fingerprint density at radius 3 is 2.55 bits per heavy atom. The molecule has 0 radical (unpaired) electrons. The summed E-state index contributed by atoms with van der Waals surface area (Å²) in [5, 5.41) is 8.89. The molecule has 6 heteroatoms. The maximum absolute atomic E-state index is 12.3. The molecule has 0 bridgehead atoms. The van der Waals surface area contributed by atoms with E-state index in [0.29, 0.717) is 25.9 Å². The Balaban J connectivity index is 1.98. The first-order valence-corrected chi connectivity index (χ1v) is 6.67. The van der Waals surface area contributed by atoms with Gasteiger partial charge in [0.05, 0.1) is 0 Å². The third kappa shape index (κ3) is 3.33. The minimum atomic E-state index is -1.00. The highest BCUT2D eigenvalue weighted by Crippen LogP contribution is 2.22. The Morgan fingerprint density at radius 1 is 1.35 bits per heavy atom. The van der Waals surface area contributed by atoms with Crippen molar-refractivity contribution in [2.45, 2.75) is 38.5 Å². The van der Waals surface area contributed by atoms with Crippen LogP contribution in [0.3, 0.4) is 0 Å². The molecule has 6 nitrogen and oxygen atoms in total. The summed E-state index contributed by atoms with van der Waals surface area (Å²) in [7, 11) is 0. The second kappa shape index (κ2) is 6.47. The molecule has 2 heterocycles. The number of nitrogens with zero attached hydrogens (tertiary/aromatic N) is 2. The van der Waals surface area contributed by atoms with Crippen molar-refractivity contribution in [3.8, 4) is 0 Å². The van der Waals surface area contributed by atoms with Crippen LogP contribution in [0, 0.1) is 0 Å². The quantitative estimate of drug-likeness (QED) is 0.871. The van der Waals surface area contributed by atoms with Crippen molar-refractivity contribution in [3.63, 3.8) is 0 Å². The van der Waals surface area contributed by atoms with Crippen LogP contribution in [0.2, 0.25) is 0 Å². The number of hydrogen-bond donors (Lipinski definition) is 1. The molecule has 0 aliphatic carbocycles. The minimum Gasteiger partial charge on any atom is -0.479 e. The number of hydrogen-bond acceptors (Lipinski definition) is 4. The molecule has 0 unspecified atom stereocenters. The van der Waals surface area contributed by atoms with Crippen LogP contribution in [-0.4, -0.2) is 45.6 Å². The maximum atomic E-state index is 12.3. The zero-order valence-corrected chi connectivity index (χ0v) is 11.4. The Labute approximate surface area is 117 Å². The van der Waals surface area contributed by atoms with E-state index in [2.05, 4.69) is 4.98 Å². The zero-order chi connectivity index (χ0) is 14.5. The second-order valence-corrected chi connectivity index (χ2v) is 4.74. The molecule has 20 heavy (non-hydrogen) atoms. The lowest BCUT2D eigenvalue weighted by atomic mass is 10.1. The van der Waals surface area contributed by atoms with E-state index in [1.54, 1.807) is 17.3 Å². The fraction of sp³-hybridized carbons (Fsp3) is 0.500. The lowest BCUT2D eigenvalue weighted by Gasteiger charge is -2.24. The van der Waals surface area contributed by atoms with Gasteiger partial charge in [-0.05, 0) is 37.5 Å². The van der Waals surface area contributed by atoms with Gasteiger partial charge in [-0.3, -0.25) is 9.78 Å². The maximum Gasteiger partial charge on any atom is 0.332 e. The topological polar surface area (TPSA) is 79.7 Å². The van der Waals surface area contributed by atoms with E-state index in [0.717, 1.165) is 5.56 Å². The van der Waals surface area contributed by atoms with Crippen LogP contribution in [0.15, 0.2) is 24.5 Å². The number of amides is 1. The molecule has 1 aromatic heterocycles. The van der Waals surface area contributed by atoms with Crippen molar-refractivity contribution in [2.75, 3.05) is 6.54 Å². The minimum absolute atomic E-state index is 0.145. The van der Waals surface area contributed by atoms with E-state index in [-0.39, 0.29) is 5.91 Å². The summed E-state index contributed by atoms with van der Waals surface area (Å²) in [5.41, 5.74) is 0.989. The average molecular weight is 278 g/mol. The molecule has 1 amide bonds. The third-order valence-corrected chi connectivity index (χ3v) is 3.39. The van der Waals surface area contributed by atoms with E-state index in [4.69, 9.17) is 9.84 Å². The Morgan fingerprint density at radius 2 is 2.00 bits per heavy atom. The van der Waals surface area contributed by atoms with Crippen molar-refractivity contribution < 1.29 is 19.4 Å². The van der Waals surface area contributed by atoms with E-state index in [1.165, 1.54) is 0 Å². The van der Waals surface area contributed by atoms with Gasteiger partial charge < -0.3 is 14.7 Å². The molecule has 0 spiro atoms. The molecule has 2 rings (SSSR count). The van der Waals surface area contributed by atoms with E-state index >= 15 is 0 Å². The summed E-state index contributed by atoms with van der Waals surface area (Å²) in [4.78, 5) is 28.8. The molecule has 108 valence electrons. The molecule has 1 aliphatic heterocycles. The van der Waals surface area contributed by atoms with Gasteiger partial charge in [-0.1, -0.05) is 0 Å². The highest BCUT2D eigenvalue weighted by atomic mass is 16.5. The number of ether oxygens (including phenoxy) is 1. The summed E-state index contributed by atoms with van der Waals surface area (Å²) >= 11 is 0. The predicted molar refractivity (Wildman–Crippen MR) is 70.9 cm³/mol. The van der Waals surface area contributed by atoms with Crippen molar-refractivity contribution in [2.24, 2.45) is 0 Å². The van der Waals surface area contributed by atoms with Crippen LogP contribution in [0.25, 0.3) is 0 Å². The number of pyridine rings is 1. The Kier molecular flexibility index (Phi) is 4.68.